The maximum absolute atomic E-state index is 12.2. The fourth-order valence-corrected chi connectivity index (χ4v) is 2.69. The van der Waals surface area contributed by atoms with Crippen LogP contribution in [-0.4, -0.2) is 36.5 Å². The third-order valence-corrected chi connectivity index (χ3v) is 3.72. The van der Waals surface area contributed by atoms with Gasteiger partial charge in [0.25, 0.3) is 11.8 Å². The normalized spacial score (nSPS) is 14.2. The highest BCUT2D eigenvalue weighted by molar-refractivity contribution is 14.1. The zero-order valence-electron chi connectivity index (χ0n) is 10.1. The van der Waals surface area contributed by atoms with Crippen molar-refractivity contribution in [2.75, 3.05) is 19.8 Å². The molecule has 1 aromatic rings. The molecular formula is C13H14INO3. The summed E-state index contributed by atoms with van der Waals surface area (Å²) in [5, 5.41) is 0. The Bertz CT molecular complexity index is 487. The fourth-order valence-electron chi connectivity index (χ4n) is 1.96. The number of rotatable bonds is 5. The van der Waals surface area contributed by atoms with E-state index in [4.69, 9.17) is 4.74 Å². The topological polar surface area (TPSA) is 46.6 Å². The van der Waals surface area contributed by atoms with Gasteiger partial charge in [0.1, 0.15) is 0 Å². The van der Waals surface area contributed by atoms with Crippen LogP contribution in [0.25, 0.3) is 0 Å². The summed E-state index contributed by atoms with van der Waals surface area (Å²) in [5.41, 5.74) is 1.06. The second-order valence-electron chi connectivity index (χ2n) is 3.97. The predicted octanol–water partition coefficient (Wildman–Crippen LogP) is 2.31. The minimum Gasteiger partial charge on any atom is -0.382 e. The van der Waals surface area contributed by atoms with Gasteiger partial charge < -0.3 is 4.74 Å². The van der Waals surface area contributed by atoms with Crippen LogP contribution in [0.3, 0.4) is 0 Å². The summed E-state index contributed by atoms with van der Waals surface area (Å²) in [7, 11) is 0. The summed E-state index contributed by atoms with van der Waals surface area (Å²) in [6.45, 7) is 3.56. The molecule has 2 amide bonds. The number of ether oxygens (including phenoxy) is 1. The molecule has 96 valence electrons. The van der Waals surface area contributed by atoms with Crippen molar-refractivity contribution in [1.29, 1.82) is 0 Å². The molecule has 0 fully saturated rings. The molecule has 0 aliphatic carbocycles. The summed E-state index contributed by atoms with van der Waals surface area (Å²) in [4.78, 5) is 25.5. The fraction of sp³-hybridized carbons (Fsp3) is 0.385. The van der Waals surface area contributed by atoms with Gasteiger partial charge in [-0.2, -0.15) is 0 Å². The smallest absolute Gasteiger partial charge is 0.262 e. The van der Waals surface area contributed by atoms with E-state index in [1.54, 1.807) is 12.1 Å². The highest BCUT2D eigenvalue weighted by Crippen LogP contribution is 2.26. The molecule has 0 unspecified atom stereocenters. The van der Waals surface area contributed by atoms with Crippen molar-refractivity contribution in [2.24, 2.45) is 0 Å². The highest BCUT2D eigenvalue weighted by Gasteiger charge is 2.36. The van der Waals surface area contributed by atoms with E-state index in [1.165, 1.54) is 4.90 Å². The van der Waals surface area contributed by atoms with Crippen molar-refractivity contribution < 1.29 is 14.3 Å². The van der Waals surface area contributed by atoms with Gasteiger partial charge in [-0.15, -0.1) is 0 Å². The third kappa shape index (κ3) is 2.42. The summed E-state index contributed by atoms with van der Waals surface area (Å²) in [5.74, 6) is -0.374. The number of imide groups is 1. The van der Waals surface area contributed by atoms with Crippen LogP contribution in [0.5, 0.6) is 0 Å². The largest absolute Gasteiger partial charge is 0.382 e. The minimum absolute atomic E-state index is 0.184. The van der Waals surface area contributed by atoms with Gasteiger partial charge in [-0.1, -0.05) is 6.07 Å². The molecule has 0 aromatic heterocycles. The second kappa shape index (κ2) is 5.79. The summed E-state index contributed by atoms with van der Waals surface area (Å²) in [6, 6.07) is 5.35. The van der Waals surface area contributed by atoms with Crippen molar-refractivity contribution in [1.82, 2.24) is 4.90 Å². The monoisotopic (exact) mass is 359 g/mol. The van der Waals surface area contributed by atoms with Crippen molar-refractivity contribution in [3.05, 3.63) is 32.9 Å². The Hall–Kier alpha value is -0.950. The van der Waals surface area contributed by atoms with Crippen molar-refractivity contribution in [3.63, 3.8) is 0 Å². The number of carbonyl (C=O) groups excluding carboxylic acids is 2. The van der Waals surface area contributed by atoms with E-state index in [9.17, 15) is 9.59 Å². The maximum atomic E-state index is 12.2. The molecule has 1 aliphatic rings. The van der Waals surface area contributed by atoms with Gasteiger partial charge in [0, 0.05) is 23.3 Å². The van der Waals surface area contributed by atoms with Crippen LogP contribution in [0, 0.1) is 3.57 Å². The first kappa shape index (κ1) is 13.5. The zero-order chi connectivity index (χ0) is 13.1. The first-order valence-corrected chi connectivity index (χ1v) is 6.97. The van der Waals surface area contributed by atoms with E-state index in [0.29, 0.717) is 37.3 Å². The van der Waals surface area contributed by atoms with Crippen LogP contribution < -0.4 is 0 Å². The van der Waals surface area contributed by atoms with Crippen LogP contribution >= 0.6 is 22.6 Å². The lowest BCUT2D eigenvalue weighted by Gasteiger charge is -2.13. The SMILES string of the molecule is CCOCCCN1C(=O)c2cccc(I)c2C1=O. The molecule has 5 heteroatoms. The minimum atomic E-state index is -0.190. The molecule has 0 spiro atoms. The molecule has 0 N–H and O–H groups in total. The molecule has 0 saturated heterocycles. The molecule has 0 bridgehead atoms. The van der Waals surface area contributed by atoms with E-state index in [2.05, 4.69) is 22.6 Å². The summed E-state index contributed by atoms with van der Waals surface area (Å²) in [6.07, 6.45) is 0.676. The van der Waals surface area contributed by atoms with E-state index < -0.39 is 0 Å². The molecule has 1 heterocycles. The Kier molecular flexibility index (Phi) is 4.34. The molecular weight excluding hydrogens is 345 g/mol. The number of nitrogens with zero attached hydrogens (tertiary/aromatic N) is 1. The standard InChI is InChI=1S/C13H14INO3/c1-2-18-8-4-7-15-12(16)9-5-3-6-10(14)11(9)13(15)17/h3,5-6H,2,4,7-8H2,1H3. The number of carbonyl (C=O) groups is 2. The van der Waals surface area contributed by atoms with Gasteiger partial charge in [0.2, 0.25) is 0 Å². The average molecular weight is 359 g/mol. The van der Waals surface area contributed by atoms with Crippen LogP contribution in [0.4, 0.5) is 0 Å². The molecule has 2 rings (SSSR count). The van der Waals surface area contributed by atoms with Gasteiger partial charge in [0.15, 0.2) is 0 Å². The third-order valence-electron chi connectivity index (χ3n) is 2.82. The van der Waals surface area contributed by atoms with Crippen LogP contribution in [0.1, 0.15) is 34.1 Å². The number of fused-ring (bicyclic) bond motifs is 1. The molecule has 0 radical (unpaired) electrons. The Morgan fingerprint density at radius 3 is 2.72 bits per heavy atom. The van der Waals surface area contributed by atoms with E-state index in [-0.39, 0.29) is 11.8 Å². The Morgan fingerprint density at radius 1 is 1.28 bits per heavy atom. The summed E-state index contributed by atoms with van der Waals surface area (Å²) >= 11 is 2.09. The van der Waals surface area contributed by atoms with Crippen LogP contribution in [-0.2, 0) is 4.74 Å². The maximum Gasteiger partial charge on any atom is 0.262 e. The van der Waals surface area contributed by atoms with E-state index >= 15 is 0 Å². The Balaban J connectivity index is 2.11. The highest BCUT2D eigenvalue weighted by atomic mass is 127. The van der Waals surface area contributed by atoms with Crippen molar-refractivity contribution >= 4 is 34.4 Å². The van der Waals surface area contributed by atoms with Crippen molar-refractivity contribution in [3.8, 4) is 0 Å². The quantitative estimate of drug-likeness (QED) is 0.461. The van der Waals surface area contributed by atoms with E-state index in [0.717, 1.165) is 3.57 Å². The number of hydrogen-bond acceptors (Lipinski definition) is 3. The lowest BCUT2D eigenvalue weighted by molar-refractivity contribution is 0.0630. The Labute approximate surface area is 119 Å². The van der Waals surface area contributed by atoms with Crippen LogP contribution in [0.15, 0.2) is 18.2 Å². The van der Waals surface area contributed by atoms with Crippen LogP contribution in [0.2, 0.25) is 0 Å². The molecule has 0 atom stereocenters. The molecule has 0 saturated carbocycles. The predicted molar refractivity (Wildman–Crippen MR) is 75.6 cm³/mol. The molecule has 1 aromatic carbocycles. The molecule has 18 heavy (non-hydrogen) atoms. The Morgan fingerprint density at radius 2 is 2.06 bits per heavy atom. The van der Waals surface area contributed by atoms with Crippen molar-refractivity contribution in [2.45, 2.75) is 13.3 Å². The zero-order valence-corrected chi connectivity index (χ0v) is 12.3. The first-order valence-electron chi connectivity index (χ1n) is 5.89. The number of halogens is 1. The summed E-state index contributed by atoms with van der Waals surface area (Å²) < 4.78 is 6.04. The van der Waals surface area contributed by atoms with Gasteiger partial charge in [0.05, 0.1) is 11.1 Å². The second-order valence-corrected chi connectivity index (χ2v) is 5.14. The van der Waals surface area contributed by atoms with Gasteiger partial charge in [-0.25, -0.2) is 0 Å². The lowest BCUT2D eigenvalue weighted by Crippen LogP contribution is -2.31. The van der Waals surface area contributed by atoms with Gasteiger partial charge >= 0.3 is 0 Å². The van der Waals surface area contributed by atoms with E-state index in [1.807, 2.05) is 13.0 Å². The average Bonchev–Trinajstić information content (AvgIpc) is 2.60. The van der Waals surface area contributed by atoms with Gasteiger partial charge in [-0.3, -0.25) is 14.5 Å². The number of hydrogen-bond donors (Lipinski definition) is 0. The lowest BCUT2D eigenvalue weighted by atomic mass is 10.1. The molecule has 1 aliphatic heterocycles. The first-order chi connectivity index (χ1) is 8.66. The number of benzene rings is 1. The molecule has 4 nitrogen and oxygen atoms in total. The van der Waals surface area contributed by atoms with Gasteiger partial charge in [-0.05, 0) is 48.1 Å². The number of amides is 2.